The fraction of sp³-hybridized carbons (Fsp3) is 0.474. The van der Waals surface area contributed by atoms with Gasteiger partial charge in [0, 0.05) is 31.1 Å². The summed E-state index contributed by atoms with van der Waals surface area (Å²) in [6.07, 6.45) is 6.21. The number of nitrogens with one attached hydrogen (secondary N) is 1. The predicted molar refractivity (Wildman–Crippen MR) is 91.2 cm³/mol. The quantitative estimate of drug-likeness (QED) is 0.942. The van der Waals surface area contributed by atoms with E-state index in [0.29, 0.717) is 5.92 Å². The van der Waals surface area contributed by atoms with Crippen molar-refractivity contribution in [1.29, 1.82) is 0 Å². The maximum absolute atomic E-state index is 12.9. The molecule has 5 nitrogen and oxygen atoms in total. The van der Waals surface area contributed by atoms with E-state index in [1.54, 1.807) is 4.68 Å². The van der Waals surface area contributed by atoms with Gasteiger partial charge in [0.15, 0.2) is 0 Å². The zero-order valence-electron chi connectivity index (χ0n) is 14.2. The minimum absolute atomic E-state index is 0.0214. The lowest BCUT2D eigenvalue weighted by atomic mass is 9.81. The summed E-state index contributed by atoms with van der Waals surface area (Å²) < 4.78 is 7.63. The van der Waals surface area contributed by atoms with Crippen LogP contribution in [-0.4, -0.2) is 21.8 Å². The highest BCUT2D eigenvalue weighted by atomic mass is 16.5. The summed E-state index contributed by atoms with van der Waals surface area (Å²) in [5.74, 6) is 1.28. The first kappa shape index (κ1) is 15.2. The summed E-state index contributed by atoms with van der Waals surface area (Å²) in [5.41, 5.74) is 2.73. The molecule has 4 rings (SSSR count). The summed E-state index contributed by atoms with van der Waals surface area (Å²) in [7, 11) is 1.88. The molecule has 1 aromatic heterocycles. The predicted octanol–water partition coefficient (Wildman–Crippen LogP) is 3.33. The number of hydrogen-bond donors (Lipinski definition) is 1. The largest absolute Gasteiger partial charge is 0.490 e. The molecule has 24 heavy (non-hydrogen) atoms. The fourth-order valence-corrected chi connectivity index (χ4v) is 3.64. The van der Waals surface area contributed by atoms with Crippen molar-refractivity contribution in [3.63, 3.8) is 0 Å². The number of aromatic nitrogens is 2. The van der Waals surface area contributed by atoms with Gasteiger partial charge in [-0.15, -0.1) is 0 Å². The molecule has 126 valence electrons. The Bertz CT molecular complexity index is 764. The molecule has 2 aliphatic rings. The summed E-state index contributed by atoms with van der Waals surface area (Å²) in [6, 6.07) is 7.93. The van der Waals surface area contributed by atoms with Gasteiger partial charge < -0.3 is 10.1 Å². The maximum atomic E-state index is 12.9. The number of carbonyl (C=O) groups is 1. The molecule has 2 aromatic rings. The molecule has 0 radical (unpaired) electrons. The van der Waals surface area contributed by atoms with E-state index < -0.39 is 0 Å². The average molecular weight is 325 g/mol. The third-order valence-corrected chi connectivity index (χ3v) is 5.09. The van der Waals surface area contributed by atoms with Gasteiger partial charge in [-0.05, 0) is 25.8 Å². The standard InChI is InChI=1S/C19H23N3O2/c1-12-10-16(14-8-3-4-9-17(14)24-12)20-19(23)15-11-22(2)21-18(15)13-6-5-7-13/h3-4,8-9,11-13,16H,5-7,10H2,1-2H3,(H,20,23)/t12-,16-/m1/s1. The molecule has 1 amide bonds. The SMILES string of the molecule is C[C@@H]1C[C@@H](NC(=O)c2cn(C)nc2C2CCC2)c2ccccc2O1. The Balaban J connectivity index is 1.59. The molecule has 1 N–H and O–H groups in total. The third-order valence-electron chi connectivity index (χ3n) is 5.09. The minimum atomic E-state index is -0.0288. The summed E-state index contributed by atoms with van der Waals surface area (Å²) in [4.78, 5) is 12.9. The molecular weight excluding hydrogens is 302 g/mol. The second-order valence-corrected chi connectivity index (χ2v) is 6.96. The highest BCUT2D eigenvalue weighted by Crippen LogP contribution is 2.38. The normalized spacial score (nSPS) is 23.1. The van der Waals surface area contributed by atoms with Gasteiger partial charge >= 0.3 is 0 Å². The molecule has 0 bridgehead atoms. The van der Waals surface area contributed by atoms with Crippen molar-refractivity contribution in [2.24, 2.45) is 7.05 Å². The summed E-state index contributed by atoms with van der Waals surface area (Å²) in [5, 5.41) is 7.74. The van der Waals surface area contributed by atoms with E-state index in [0.717, 1.165) is 41.8 Å². The number of aryl methyl sites for hydroxylation is 1. The number of carbonyl (C=O) groups excluding carboxylic acids is 1. The van der Waals surface area contributed by atoms with Crippen molar-refractivity contribution < 1.29 is 9.53 Å². The van der Waals surface area contributed by atoms with Crippen LogP contribution in [0.5, 0.6) is 5.75 Å². The van der Waals surface area contributed by atoms with Crippen LogP contribution in [-0.2, 0) is 7.05 Å². The monoisotopic (exact) mass is 325 g/mol. The van der Waals surface area contributed by atoms with Gasteiger partial charge in [0.05, 0.1) is 23.4 Å². The van der Waals surface area contributed by atoms with E-state index in [-0.39, 0.29) is 18.1 Å². The molecule has 1 aliphatic heterocycles. The number of rotatable bonds is 3. The van der Waals surface area contributed by atoms with E-state index in [9.17, 15) is 4.79 Å². The van der Waals surface area contributed by atoms with Gasteiger partial charge in [-0.1, -0.05) is 24.6 Å². The number of para-hydroxylation sites is 1. The van der Waals surface area contributed by atoms with Crippen LogP contribution in [0.3, 0.4) is 0 Å². The van der Waals surface area contributed by atoms with Crippen molar-refractivity contribution in [3.8, 4) is 5.75 Å². The Morgan fingerprint density at radius 1 is 1.33 bits per heavy atom. The van der Waals surface area contributed by atoms with Crippen molar-refractivity contribution in [3.05, 3.63) is 47.3 Å². The first-order chi connectivity index (χ1) is 11.6. The summed E-state index contributed by atoms with van der Waals surface area (Å²) >= 11 is 0. The molecule has 2 heterocycles. The van der Waals surface area contributed by atoms with Gasteiger partial charge in [-0.3, -0.25) is 9.48 Å². The van der Waals surface area contributed by atoms with Crippen LogP contribution in [0, 0.1) is 0 Å². The lowest BCUT2D eigenvalue weighted by molar-refractivity contribution is 0.0904. The number of amides is 1. The zero-order chi connectivity index (χ0) is 16.7. The molecule has 0 saturated heterocycles. The van der Waals surface area contributed by atoms with Crippen LogP contribution < -0.4 is 10.1 Å². The molecule has 1 saturated carbocycles. The second-order valence-electron chi connectivity index (χ2n) is 6.96. The molecule has 1 aromatic carbocycles. The first-order valence-electron chi connectivity index (χ1n) is 8.72. The minimum Gasteiger partial charge on any atom is -0.490 e. The van der Waals surface area contributed by atoms with E-state index in [2.05, 4.69) is 10.4 Å². The van der Waals surface area contributed by atoms with Crippen molar-refractivity contribution in [2.45, 2.75) is 50.7 Å². The highest BCUT2D eigenvalue weighted by molar-refractivity contribution is 5.95. The van der Waals surface area contributed by atoms with E-state index in [1.807, 2.05) is 44.4 Å². The number of ether oxygens (including phenoxy) is 1. The van der Waals surface area contributed by atoms with Gasteiger partial charge in [0.2, 0.25) is 0 Å². The maximum Gasteiger partial charge on any atom is 0.255 e. The Kier molecular flexibility index (Phi) is 3.79. The second kappa shape index (κ2) is 5.96. The van der Waals surface area contributed by atoms with Crippen molar-refractivity contribution in [2.75, 3.05) is 0 Å². The van der Waals surface area contributed by atoms with Gasteiger partial charge in [-0.25, -0.2) is 0 Å². The smallest absolute Gasteiger partial charge is 0.255 e. The van der Waals surface area contributed by atoms with Crippen LogP contribution in [0.4, 0.5) is 0 Å². The fourth-order valence-electron chi connectivity index (χ4n) is 3.64. The summed E-state index contributed by atoms with van der Waals surface area (Å²) in [6.45, 7) is 2.04. The van der Waals surface area contributed by atoms with E-state index >= 15 is 0 Å². The van der Waals surface area contributed by atoms with Crippen molar-refractivity contribution >= 4 is 5.91 Å². The number of fused-ring (bicyclic) bond motifs is 1. The van der Waals surface area contributed by atoms with Crippen LogP contribution >= 0.6 is 0 Å². The Morgan fingerprint density at radius 2 is 2.12 bits per heavy atom. The van der Waals surface area contributed by atoms with Crippen LogP contribution in [0.2, 0.25) is 0 Å². The number of nitrogens with zero attached hydrogens (tertiary/aromatic N) is 2. The first-order valence-corrected chi connectivity index (χ1v) is 8.72. The molecule has 2 atom stereocenters. The average Bonchev–Trinajstić information content (AvgIpc) is 2.87. The zero-order valence-corrected chi connectivity index (χ0v) is 14.2. The van der Waals surface area contributed by atoms with Gasteiger partial charge in [0.1, 0.15) is 5.75 Å². The van der Waals surface area contributed by atoms with Crippen LogP contribution in [0.25, 0.3) is 0 Å². The highest BCUT2D eigenvalue weighted by Gasteiger charge is 2.31. The number of hydrogen-bond acceptors (Lipinski definition) is 3. The molecule has 1 fully saturated rings. The lowest BCUT2D eigenvalue weighted by Gasteiger charge is -2.31. The van der Waals surface area contributed by atoms with Gasteiger partial charge in [-0.2, -0.15) is 5.10 Å². The van der Waals surface area contributed by atoms with Crippen molar-refractivity contribution in [1.82, 2.24) is 15.1 Å². The Morgan fingerprint density at radius 3 is 2.88 bits per heavy atom. The van der Waals surface area contributed by atoms with Crippen LogP contribution in [0.15, 0.2) is 30.5 Å². The van der Waals surface area contributed by atoms with Gasteiger partial charge in [0.25, 0.3) is 5.91 Å². The topological polar surface area (TPSA) is 56.2 Å². The molecule has 0 spiro atoms. The van der Waals surface area contributed by atoms with E-state index in [1.165, 1.54) is 6.42 Å². The molecule has 0 unspecified atom stereocenters. The van der Waals surface area contributed by atoms with Crippen LogP contribution in [0.1, 0.15) is 66.2 Å². The Labute approximate surface area is 142 Å². The Hall–Kier alpha value is -2.30. The molecule has 5 heteroatoms. The lowest BCUT2D eigenvalue weighted by Crippen LogP contribution is -2.35. The third kappa shape index (κ3) is 2.68. The molecular formula is C19H23N3O2. The van der Waals surface area contributed by atoms with E-state index in [4.69, 9.17) is 4.74 Å². The number of benzene rings is 1. The molecule has 1 aliphatic carbocycles.